The van der Waals surface area contributed by atoms with Gasteiger partial charge < -0.3 is 20.1 Å². The molecule has 1 aliphatic carbocycles. The number of aliphatic hydroxyl groups is 1. The van der Waals surface area contributed by atoms with Crippen LogP contribution < -0.4 is 5.32 Å². The third-order valence-corrected chi connectivity index (χ3v) is 4.45. The summed E-state index contributed by atoms with van der Waals surface area (Å²) < 4.78 is 4.98. The first-order valence-electron chi connectivity index (χ1n) is 7.50. The van der Waals surface area contributed by atoms with E-state index in [4.69, 9.17) is 4.74 Å². The fourth-order valence-corrected chi connectivity index (χ4v) is 3.59. The van der Waals surface area contributed by atoms with Gasteiger partial charge in [-0.2, -0.15) is 0 Å². The number of likely N-dealkylation sites (N-methyl/N-ethyl adjacent to an activating group) is 1. The van der Waals surface area contributed by atoms with Crippen molar-refractivity contribution in [3.63, 3.8) is 0 Å². The molecule has 0 heterocycles. The topological polar surface area (TPSA) is 44.7 Å². The van der Waals surface area contributed by atoms with Crippen molar-refractivity contribution >= 4 is 0 Å². The highest BCUT2D eigenvalue weighted by molar-refractivity contribution is 4.88. The Morgan fingerprint density at radius 1 is 1.37 bits per heavy atom. The summed E-state index contributed by atoms with van der Waals surface area (Å²) in [6.45, 7) is 6.85. The van der Waals surface area contributed by atoms with E-state index in [2.05, 4.69) is 38.2 Å². The Morgan fingerprint density at radius 2 is 2.05 bits per heavy atom. The molecule has 0 spiro atoms. The summed E-state index contributed by atoms with van der Waals surface area (Å²) in [7, 11) is 5.80. The minimum Gasteiger partial charge on any atom is -0.389 e. The highest BCUT2D eigenvalue weighted by Gasteiger charge is 2.33. The summed E-state index contributed by atoms with van der Waals surface area (Å²) in [5.74, 6) is 2.22. The predicted octanol–water partition coefficient (Wildman–Crippen LogP) is 1.20. The summed E-state index contributed by atoms with van der Waals surface area (Å²) in [5, 5.41) is 13.3. The number of rotatable bonds is 7. The van der Waals surface area contributed by atoms with Crippen LogP contribution in [-0.4, -0.2) is 63.1 Å². The monoisotopic (exact) mass is 272 g/mol. The van der Waals surface area contributed by atoms with E-state index in [9.17, 15) is 5.11 Å². The summed E-state index contributed by atoms with van der Waals surface area (Å²) in [6.07, 6.45) is 2.19. The quantitative estimate of drug-likeness (QED) is 0.731. The average Bonchev–Trinajstić information content (AvgIpc) is 2.32. The van der Waals surface area contributed by atoms with Gasteiger partial charge in [0.1, 0.15) is 0 Å². The van der Waals surface area contributed by atoms with Crippen molar-refractivity contribution in [2.45, 2.75) is 38.8 Å². The van der Waals surface area contributed by atoms with Gasteiger partial charge in [0.15, 0.2) is 0 Å². The van der Waals surface area contributed by atoms with E-state index < -0.39 is 0 Å². The van der Waals surface area contributed by atoms with E-state index in [0.717, 1.165) is 18.4 Å². The predicted molar refractivity (Wildman–Crippen MR) is 79.3 cm³/mol. The van der Waals surface area contributed by atoms with E-state index >= 15 is 0 Å². The second kappa shape index (κ2) is 8.20. The second-order valence-corrected chi connectivity index (χ2v) is 6.44. The Labute approximate surface area is 118 Å². The summed E-state index contributed by atoms with van der Waals surface area (Å²) in [4.78, 5) is 2.24. The molecule has 5 unspecified atom stereocenters. The molecule has 0 aliphatic heterocycles. The van der Waals surface area contributed by atoms with Gasteiger partial charge >= 0.3 is 0 Å². The Bertz CT molecular complexity index is 250. The van der Waals surface area contributed by atoms with Crippen molar-refractivity contribution in [3.05, 3.63) is 0 Å². The first-order valence-corrected chi connectivity index (χ1v) is 7.50. The van der Waals surface area contributed by atoms with E-state index in [1.54, 1.807) is 7.11 Å². The standard InChI is InChI=1S/C15H32N2O2/c1-11-6-12(2)14(15(7-11)16-3)9-17(4)8-13(18)10-19-5/h11-16,18H,6-10H2,1-5H3. The van der Waals surface area contributed by atoms with Gasteiger partial charge in [0, 0.05) is 26.2 Å². The fraction of sp³-hybridized carbons (Fsp3) is 1.00. The van der Waals surface area contributed by atoms with E-state index in [1.165, 1.54) is 12.8 Å². The average molecular weight is 272 g/mol. The molecular formula is C15H32N2O2. The number of methoxy groups -OCH3 is 1. The molecule has 0 aromatic heterocycles. The van der Waals surface area contributed by atoms with E-state index in [1.807, 2.05) is 0 Å². The normalized spacial score (nSPS) is 33.6. The lowest BCUT2D eigenvalue weighted by Gasteiger charge is -2.41. The minimum absolute atomic E-state index is 0.388. The lowest BCUT2D eigenvalue weighted by Crippen LogP contribution is -2.48. The molecule has 0 radical (unpaired) electrons. The lowest BCUT2D eigenvalue weighted by atomic mass is 9.72. The van der Waals surface area contributed by atoms with Crippen molar-refractivity contribution in [1.29, 1.82) is 0 Å². The minimum atomic E-state index is -0.388. The van der Waals surface area contributed by atoms with E-state index in [0.29, 0.717) is 25.1 Å². The number of hydrogen-bond donors (Lipinski definition) is 2. The van der Waals surface area contributed by atoms with Crippen LogP contribution in [-0.2, 0) is 4.74 Å². The zero-order valence-electron chi connectivity index (χ0n) is 13.2. The highest BCUT2D eigenvalue weighted by atomic mass is 16.5. The van der Waals surface area contributed by atoms with Crippen LogP contribution >= 0.6 is 0 Å². The Kier molecular flexibility index (Phi) is 7.29. The van der Waals surface area contributed by atoms with Crippen LogP contribution in [0.15, 0.2) is 0 Å². The first kappa shape index (κ1) is 16.9. The third-order valence-electron chi connectivity index (χ3n) is 4.45. The molecule has 0 saturated heterocycles. The molecule has 114 valence electrons. The van der Waals surface area contributed by atoms with Gasteiger partial charge in [0.25, 0.3) is 0 Å². The zero-order chi connectivity index (χ0) is 14.4. The van der Waals surface area contributed by atoms with Gasteiger partial charge in [-0.25, -0.2) is 0 Å². The summed E-state index contributed by atoms with van der Waals surface area (Å²) in [6, 6.07) is 0.598. The second-order valence-electron chi connectivity index (χ2n) is 6.44. The van der Waals surface area contributed by atoms with Crippen LogP contribution in [0, 0.1) is 17.8 Å². The SMILES string of the molecule is CNC1CC(C)CC(C)C1CN(C)CC(O)COC. The van der Waals surface area contributed by atoms with Crippen molar-refractivity contribution in [2.75, 3.05) is 40.9 Å². The van der Waals surface area contributed by atoms with Crippen LogP contribution in [0.5, 0.6) is 0 Å². The molecule has 1 fully saturated rings. The van der Waals surface area contributed by atoms with Crippen LogP contribution in [0.4, 0.5) is 0 Å². The van der Waals surface area contributed by atoms with Crippen molar-refractivity contribution in [1.82, 2.24) is 10.2 Å². The van der Waals surface area contributed by atoms with Gasteiger partial charge in [-0.05, 0) is 44.7 Å². The van der Waals surface area contributed by atoms with Crippen LogP contribution in [0.3, 0.4) is 0 Å². The van der Waals surface area contributed by atoms with Crippen molar-refractivity contribution < 1.29 is 9.84 Å². The molecule has 2 N–H and O–H groups in total. The zero-order valence-corrected chi connectivity index (χ0v) is 13.2. The smallest absolute Gasteiger partial charge is 0.0899 e. The van der Waals surface area contributed by atoms with Gasteiger partial charge in [-0.15, -0.1) is 0 Å². The molecular weight excluding hydrogens is 240 g/mol. The fourth-order valence-electron chi connectivity index (χ4n) is 3.59. The Morgan fingerprint density at radius 3 is 2.63 bits per heavy atom. The molecule has 0 aromatic carbocycles. The van der Waals surface area contributed by atoms with Gasteiger partial charge in [-0.1, -0.05) is 13.8 Å². The lowest BCUT2D eigenvalue weighted by molar-refractivity contribution is 0.0316. The van der Waals surface area contributed by atoms with Crippen LogP contribution in [0.2, 0.25) is 0 Å². The third kappa shape index (κ3) is 5.38. The van der Waals surface area contributed by atoms with Crippen LogP contribution in [0.1, 0.15) is 26.7 Å². The number of hydrogen-bond acceptors (Lipinski definition) is 4. The molecule has 1 aliphatic rings. The maximum atomic E-state index is 9.80. The highest BCUT2D eigenvalue weighted by Crippen LogP contribution is 2.34. The van der Waals surface area contributed by atoms with Crippen molar-refractivity contribution in [2.24, 2.45) is 17.8 Å². The van der Waals surface area contributed by atoms with E-state index in [-0.39, 0.29) is 6.10 Å². The number of aliphatic hydroxyl groups excluding tert-OH is 1. The first-order chi connectivity index (χ1) is 8.97. The number of nitrogens with zero attached hydrogens (tertiary/aromatic N) is 1. The van der Waals surface area contributed by atoms with Gasteiger partial charge in [0.2, 0.25) is 0 Å². The molecule has 5 atom stereocenters. The summed E-state index contributed by atoms with van der Waals surface area (Å²) >= 11 is 0. The molecule has 19 heavy (non-hydrogen) atoms. The van der Waals surface area contributed by atoms with Crippen molar-refractivity contribution in [3.8, 4) is 0 Å². The molecule has 4 heteroatoms. The maximum absolute atomic E-state index is 9.80. The number of ether oxygens (including phenoxy) is 1. The summed E-state index contributed by atoms with van der Waals surface area (Å²) in [5.41, 5.74) is 0. The Hall–Kier alpha value is -0.160. The largest absolute Gasteiger partial charge is 0.389 e. The molecule has 4 nitrogen and oxygen atoms in total. The number of nitrogens with one attached hydrogen (secondary N) is 1. The van der Waals surface area contributed by atoms with Gasteiger partial charge in [-0.3, -0.25) is 0 Å². The molecule has 0 amide bonds. The molecule has 0 aromatic rings. The molecule has 1 saturated carbocycles. The van der Waals surface area contributed by atoms with Gasteiger partial charge in [0.05, 0.1) is 12.7 Å². The maximum Gasteiger partial charge on any atom is 0.0899 e. The Balaban J connectivity index is 2.48. The molecule has 1 rings (SSSR count). The van der Waals surface area contributed by atoms with Crippen LogP contribution in [0.25, 0.3) is 0 Å². The molecule has 0 bridgehead atoms.